The van der Waals surface area contributed by atoms with Gasteiger partial charge in [0.05, 0.1) is 5.56 Å². The van der Waals surface area contributed by atoms with Crippen LogP contribution in [0.1, 0.15) is 25.8 Å². The molecule has 5 heteroatoms. The summed E-state index contributed by atoms with van der Waals surface area (Å²) in [5, 5.41) is 11.9. The summed E-state index contributed by atoms with van der Waals surface area (Å²) < 4.78 is 0.820. The van der Waals surface area contributed by atoms with Gasteiger partial charge in [-0.1, -0.05) is 18.1 Å². The Balaban J connectivity index is 3.29. The Bertz CT molecular complexity index is 420. The summed E-state index contributed by atoms with van der Waals surface area (Å²) in [5.41, 5.74) is 7.39. The number of hydrogen-bond donors (Lipinski definition) is 2. The third-order valence-corrected chi connectivity index (χ3v) is 3.65. The van der Waals surface area contributed by atoms with Crippen molar-refractivity contribution >= 4 is 27.5 Å². The zero-order chi connectivity index (χ0) is 13.0. The van der Waals surface area contributed by atoms with E-state index in [1.54, 1.807) is 0 Å². The Morgan fingerprint density at radius 1 is 1.59 bits per heavy atom. The fourth-order valence-electron chi connectivity index (χ4n) is 1.62. The molecule has 3 N–H and O–H groups in total. The minimum Gasteiger partial charge on any atom is -0.409 e. The Hall–Kier alpha value is -1.23. The van der Waals surface area contributed by atoms with Crippen LogP contribution in [0.3, 0.4) is 0 Å². The summed E-state index contributed by atoms with van der Waals surface area (Å²) in [5.74, 6) is 0.114. The van der Waals surface area contributed by atoms with Crippen molar-refractivity contribution in [2.75, 3.05) is 11.9 Å². The van der Waals surface area contributed by atoms with Crippen LogP contribution < -0.4 is 10.6 Å². The highest BCUT2D eigenvalue weighted by Crippen LogP contribution is 2.28. The maximum Gasteiger partial charge on any atom is 0.173 e. The molecule has 1 atom stereocenters. The molecule has 0 saturated carbocycles. The molecule has 0 aliphatic carbocycles. The first kappa shape index (κ1) is 13.8. The van der Waals surface area contributed by atoms with Gasteiger partial charge in [-0.2, -0.15) is 0 Å². The standard InChI is InChI=1S/C12H18BrN3O/c1-4-8(2)16(3)10-7-5-6-9(13)11(10)12(14)15-17/h5-8,17H,4H2,1-3H3,(H2,14,15). The van der Waals surface area contributed by atoms with Crippen LogP contribution in [0.5, 0.6) is 0 Å². The Labute approximate surface area is 110 Å². The molecule has 1 aromatic rings. The lowest BCUT2D eigenvalue weighted by molar-refractivity contribution is 0.318. The van der Waals surface area contributed by atoms with Crippen LogP contribution in [0.25, 0.3) is 0 Å². The lowest BCUT2D eigenvalue weighted by atomic mass is 10.1. The van der Waals surface area contributed by atoms with Gasteiger partial charge in [0, 0.05) is 23.2 Å². The average molecular weight is 300 g/mol. The van der Waals surface area contributed by atoms with Gasteiger partial charge in [0.1, 0.15) is 0 Å². The van der Waals surface area contributed by atoms with E-state index in [4.69, 9.17) is 10.9 Å². The number of anilines is 1. The molecule has 0 aliphatic heterocycles. The lowest BCUT2D eigenvalue weighted by Crippen LogP contribution is -2.30. The summed E-state index contributed by atoms with van der Waals surface area (Å²) in [7, 11) is 2.00. The quantitative estimate of drug-likeness (QED) is 0.389. The van der Waals surface area contributed by atoms with Gasteiger partial charge < -0.3 is 15.8 Å². The van der Waals surface area contributed by atoms with Gasteiger partial charge in [0.15, 0.2) is 5.84 Å². The van der Waals surface area contributed by atoms with E-state index in [0.29, 0.717) is 6.04 Å². The molecule has 0 radical (unpaired) electrons. The monoisotopic (exact) mass is 299 g/mol. The first-order valence-corrected chi connectivity index (χ1v) is 6.31. The minimum atomic E-state index is 0.114. The van der Waals surface area contributed by atoms with E-state index in [1.807, 2.05) is 25.2 Å². The fourth-order valence-corrected chi connectivity index (χ4v) is 2.18. The lowest BCUT2D eigenvalue weighted by Gasteiger charge is -2.28. The molecule has 0 spiro atoms. The highest BCUT2D eigenvalue weighted by Gasteiger charge is 2.17. The van der Waals surface area contributed by atoms with Crippen LogP contribution in [-0.2, 0) is 0 Å². The second-order valence-corrected chi connectivity index (χ2v) is 4.84. The normalized spacial score (nSPS) is 13.5. The van der Waals surface area contributed by atoms with Gasteiger partial charge in [0.25, 0.3) is 0 Å². The summed E-state index contributed by atoms with van der Waals surface area (Å²) >= 11 is 3.43. The third kappa shape index (κ3) is 2.91. The zero-order valence-corrected chi connectivity index (χ0v) is 11.9. The van der Waals surface area contributed by atoms with Crippen molar-refractivity contribution < 1.29 is 5.21 Å². The number of nitrogens with zero attached hydrogens (tertiary/aromatic N) is 2. The molecular weight excluding hydrogens is 282 g/mol. The number of halogens is 1. The maximum atomic E-state index is 8.84. The minimum absolute atomic E-state index is 0.114. The van der Waals surface area contributed by atoms with E-state index in [9.17, 15) is 0 Å². The predicted molar refractivity (Wildman–Crippen MR) is 74.8 cm³/mol. The van der Waals surface area contributed by atoms with E-state index in [2.05, 4.69) is 39.8 Å². The van der Waals surface area contributed by atoms with Gasteiger partial charge in [0.2, 0.25) is 0 Å². The van der Waals surface area contributed by atoms with Crippen molar-refractivity contribution in [1.82, 2.24) is 0 Å². The first-order chi connectivity index (χ1) is 8.02. The molecule has 0 fully saturated rings. The first-order valence-electron chi connectivity index (χ1n) is 5.52. The van der Waals surface area contributed by atoms with Crippen molar-refractivity contribution in [3.63, 3.8) is 0 Å². The largest absolute Gasteiger partial charge is 0.409 e. The number of hydrogen-bond acceptors (Lipinski definition) is 3. The fraction of sp³-hybridized carbons (Fsp3) is 0.417. The van der Waals surface area contributed by atoms with Gasteiger partial charge >= 0.3 is 0 Å². The molecule has 4 nitrogen and oxygen atoms in total. The van der Waals surface area contributed by atoms with E-state index in [1.165, 1.54) is 0 Å². The Morgan fingerprint density at radius 3 is 2.76 bits per heavy atom. The van der Waals surface area contributed by atoms with Crippen molar-refractivity contribution in [2.45, 2.75) is 26.3 Å². The van der Waals surface area contributed by atoms with Crippen LogP contribution in [0.4, 0.5) is 5.69 Å². The molecule has 1 rings (SSSR count). The van der Waals surface area contributed by atoms with Crippen LogP contribution in [0, 0.1) is 0 Å². The van der Waals surface area contributed by atoms with Crippen LogP contribution >= 0.6 is 15.9 Å². The van der Waals surface area contributed by atoms with E-state index in [-0.39, 0.29) is 5.84 Å². The molecule has 1 aromatic carbocycles. The second-order valence-electron chi connectivity index (χ2n) is 3.99. The Kier molecular flexibility index (Phi) is 4.81. The topological polar surface area (TPSA) is 61.8 Å². The summed E-state index contributed by atoms with van der Waals surface area (Å²) in [4.78, 5) is 2.12. The van der Waals surface area contributed by atoms with Gasteiger partial charge in [-0.25, -0.2) is 0 Å². The third-order valence-electron chi connectivity index (χ3n) is 2.99. The number of oxime groups is 1. The molecule has 0 saturated heterocycles. The Morgan fingerprint density at radius 2 is 2.24 bits per heavy atom. The van der Waals surface area contributed by atoms with E-state index < -0.39 is 0 Å². The molecule has 0 aliphatic rings. The number of nitrogens with two attached hydrogens (primary N) is 1. The van der Waals surface area contributed by atoms with Crippen molar-refractivity contribution in [3.8, 4) is 0 Å². The summed E-state index contributed by atoms with van der Waals surface area (Å²) in [6, 6.07) is 6.16. The predicted octanol–water partition coefficient (Wildman–Crippen LogP) is 2.78. The van der Waals surface area contributed by atoms with Crippen molar-refractivity contribution in [3.05, 3.63) is 28.2 Å². The number of amidine groups is 1. The van der Waals surface area contributed by atoms with E-state index >= 15 is 0 Å². The van der Waals surface area contributed by atoms with Crippen molar-refractivity contribution in [1.29, 1.82) is 0 Å². The second kappa shape index (κ2) is 5.91. The molecule has 94 valence electrons. The molecule has 17 heavy (non-hydrogen) atoms. The molecule has 1 unspecified atom stereocenters. The van der Waals surface area contributed by atoms with Crippen LogP contribution in [0.15, 0.2) is 27.8 Å². The summed E-state index contributed by atoms with van der Waals surface area (Å²) in [6.07, 6.45) is 1.03. The molecule has 0 heterocycles. The average Bonchev–Trinajstić information content (AvgIpc) is 2.35. The molecule has 0 bridgehead atoms. The van der Waals surface area contributed by atoms with Crippen molar-refractivity contribution in [2.24, 2.45) is 10.9 Å². The van der Waals surface area contributed by atoms with Gasteiger partial charge in [-0.15, -0.1) is 0 Å². The molecule has 0 amide bonds. The van der Waals surface area contributed by atoms with E-state index in [0.717, 1.165) is 22.1 Å². The number of benzene rings is 1. The van der Waals surface area contributed by atoms with Gasteiger partial charge in [-0.3, -0.25) is 0 Å². The highest BCUT2D eigenvalue weighted by atomic mass is 79.9. The number of rotatable bonds is 4. The zero-order valence-electron chi connectivity index (χ0n) is 10.3. The SMILES string of the molecule is CCC(C)N(C)c1cccc(Br)c1/C(N)=N/O. The molecule has 0 aromatic heterocycles. The van der Waals surface area contributed by atoms with Gasteiger partial charge in [-0.05, 0) is 41.4 Å². The van der Waals surface area contributed by atoms with Crippen LogP contribution in [-0.4, -0.2) is 24.1 Å². The van der Waals surface area contributed by atoms with Crippen LogP contribution in [0.2, 0.25) is 0 Å². The molecular formula is C12H18BrN3O. The maximum absolute atomic E-state index is 8.84. The highest BCUT2D eigenvalue weighted by molar-refractivity contribution is 9.10. The smallest absolute Gasteiger partial charge is 0.173 e. The summed E-state index contributed by atoms with van der Waals surface area (Å²) in [6.45, 7) is 4.26.